The van der Waals surface area contributed by atoms with Crippen molar-refractivity contribution in [3.63, 3.8) is 0 Å². The maximum absolute atomic E-state index is 12.3. The summed E-state index contributed by atoms with van der Waals surface area (Å²) in [5.41, 5.74) is -0.0559. The van der Waals surface area contributed by atoms with E-state index in [1.165, 1.54) is 0 Å². The molecular weight excluding hydrogens is 428 g/mol. The number of esters is 2. The Morgan fingerprint density at radius 3 is 1.12 bits per heavy atom. The molecule has 2 N–H and O–H groups in total. The topological polar surface area (TPSA) is 76.7 Å². The van der Waals surface area contributed by atoms with Crippen molar-refractivity contribution in [2.45, 2.75) is 167 Å². The number of ether oxygens (including phenoxy) is 2. The van der Waals surface area contributed by atoms with Crippen LogP contribution in [0.3, 0.4) is 0 Å². The van der Waals surface area contributed by atoms with Gasteiger partial charge in [-0.05, 0) is 68.2 Å². The summed E-state index contributed by atoms with van der Waals surface area (Å²) in [5, 5.41) is 7.25. The van der Waals surface area contributed by atoms with Gasteiger partial charge in [-0.3, -0.25) is 9.59 Å². The first kappa shape index (κ1) is 29.1. The molecule has 34 heavy (non-hydrogen) atoms. The summed E-state index contributed by atoms with van der Waals surface area (Å²) < 4.78 is 11.6. The molecule has 6 heteroatoms. The summed E-state index contributed by atoms with van der Waals surface area (Å²) in [7, 11) is 0. The lowest BCUT2D eigenvalue weighted by Crippen LogP contribution is -2.59. The minimum atomic E-state index is -0.0643. The number of hydrogen-bond donors (Lipinski definition) is 2. The number of carbonyl (C=O) groups is 2. The van der Waals surface area contributed by atoms with Crippen LogP contribution in [-0.4, -0.2) is 46.3 Å². The number of carbonyl (C=O) groups excluding carboxylic acids is 2. The molecule has 0 atom stereocenters. The van der Waals surface area contributed by atoms with Crippen LogP contribution >= 0.6 is 0 Å². The molecule has 0 unspecified atom stereocenters. The van der Waals surface area contributed by atoms with Crippen LogP contribution in [0.2, 0.25) is 0 Å². The lowest BCUT2D eigenvalue weighted by Gasteiger charge is -2.46. The summed E-state index contributed by atoms with van der Waals surface area (Å²) in [4.78, 5) is 24.6. The van der Waals surface area contributed by atoms with Crippen molar-refractivity contribution >= 4 is 11.9 Å². The fourth-order valence-corrected chi connectivity index (χ4v) is 6.36. The van der Waals surface area contributed by atoms with Gasteiger partial charge in [-0.15, -0.1) is 0 Å². The third kappa shape index (κ3) is 11.1. The van der Waals surface area contributed by atoms with Crippen LogP contribution in [0.1, 0.15) is 132 Å². The van der Waals surface area contributed by atoms with E-state index >= 15 is 0 Å². The third-order valence-corrected chi connectivity index (χ3v) is 6.91. The highest BCUT2D eigenvalue weighted by atomic mass is 16.5. The molecule has 0 bridgehead atoms. The third-order valence-electron chi connectivity index (χ3n) is 6.91. The van der Waals surface area contributed by atoms with Crippen molar-refractivity contribution < 1.29 is 19.1 Å². The first-order chi connectivity index (χ1) is 15.6. The Morgan fingerprint density at radius 2 is 0.824 bits per heavy atom. The Hall–Kier alpha value is -1.14. The molecule has 2 fully saturated rings. The van der Waals surface area contributed by atoms with Crippen LogP contribution in [-0.2, 0) is 19.1 Å². The first-order valence-corrected chi connectivity index (χ1v) is 13.5. The molecule has 0 aromatic carbocycles. The van der Waals surface area contributed by atoms with Crippen LogP contribution in [0.4, 0.5) is 0 Å². The van der Waals surface area contributed by atoms with Crippen molar-refractivity contribution in [2.24, 2.45) is 0 Å². The molecule has 0 saturated carbocycles. The van der Waals surface area contributed by atoms with Crippen LogP contribution in [0.25, 0.3) is 0 Å². The fourth-order valence-electron chi connectivity index (χ4n) is 6.36. The Labute approximate surface area is 208 Å². The SMILES string of the molecule is CC1(C)CC(OC(=O)CCCCCCCCC(=O)OC2CC(C)(C)NC(C)(C)C2)CC(C)(C)N1. The minimum Gasteiger partial charge on any atom is -0.462 e. The van der Waals surface area contributed by atoms with Gasteiger partial charge in [0.05, 0.1) is 0 Å². The molecule has 2 aliphatic rings. The smallest absolute Gasteiger partial charge is 0.306 e. The van der Waals surface area contributed by atoms with Gasteiger partial charge in [-0.1, -0.05) is 25.7 Å². The minimum absolute atomic E-state index is 0.000484. The van der Waals surface area contributed by atoms with Crippen molar-refractivity contribution in [3.05, 3.63) is 0 Å². The van der Waals surface area contributed by atoms with E-state index in [2.05, 4.69) is 66.0 Å². The molecule has 2 aliphatic heterocycles. The summed E-state index contributed by atoms with van der Waals surface area (Å²) in [6, 6.07) is 0. The van der Waals surface area contributed by atoms with Crippen LogP contribution < -0.4 is 10.6 Å². The molecule has 2 saturated heterocycles. The van der Waals surface area contributed by atoms with Crippen molar-refractivity contribution in [1.29, 1.82) is 0 Å². The average molecular weight is 481 g/mol. The monoisotopic (exact) mass is 480 g/mol. The van der Waals surface area contributed by atoms with Gasteiger partial charge in [0.1, 0.15) is 12.2 Å². The normalized spacial score (nSPS) is 23.9. The zero-order chi connectivity index (χ0) is 25.6. The van der Waals surface area contributed by atoms with E-state index in [0.29, 0.717) is 12.8 Å². The second-order valence-electron chi connectivity index (χ2n) is 13.4. The number of nitrogens with one attached hydrogen (secondary N) is 2. The molecule has 0 aliphatic carbocycles. The maximum Gasteiger partial charge on any atom is 0.306 e. The Kier molecular flexibility index (Phi) is 10.0. The average Bonchev–Trinajstić information content (AvgIpc) is 2.58. The Balaban J connectivity index is 1.51. The summed E-state index contributed by atoms with van der Waals surface area (Å²) in [6.07, 6.45) is 10.4. The second kappa shape index (κ2) is 11.7. The molecule has 0 amide bonds. The van der Waals surface area contributed by atoms with Gasteiger partial charge in [0.25, 0.3) is 0 Å². The zero-order valence-electron chi connectivity index (χ0n) is 23.3. The van der Waals surface area contributed by atoms with Gasteiger partial charge >= 0.3 is 11.9 Å². The van der Waals surface area contributed by atoms with E-state index in [9.17, 15) is 9.59 Å². The van der Waals surface area contributed by atoms with E-state index in [1.807, 2.05) is 0 Å². The van der Waals surface area contributed by atoms with Crippen LogP contribution in [0, 0.1) is 0 Å². The van der Waals surface area contributed by atoms with Gasteiger partial charge in [0.15, 0.2) is 0 Å². The molecule has 0 aromatic rings. The quantitative estimate of drug-likeness (QED) is 0.287. The van der Waals surface area contributed by atoms with Crippen molar-refractivity contribution in [3.8, 4) is 0 Å². The summed E-state index contributed by atoms with van der Waals surface area (Å²) in [6.45, 7) is 17.4. The predicted octanol–water partition coefficient (Wildman–Crippen LogP) is 5.81. The number of rotatable bonds is 11. The summed E-state index contributed by atoms with van der Waals surface area (Å²) >= 11 is 0. The molecule has 0 radical (unpaired) electrons. The van der Waals surface area contributed by atoms with Gasteiger partial charge in [-0.25, -0.2) is 0 Å². The van der Waals surface area contributed by atoms with Crippen LogP contribution in [0.5, 0.6) is 0 Å². The standard InChI is InChI=1S/C28H52N2O4/c1-25(2)17-21(18-26(3,4)29-25)33-23(31)15-13-11-9-10-12-14-16-24(32)34-22-19-27(5,6)30-28(7,8)20-22/h21-22,29-30H,9-20H2,1-8H3. The van der Waals surface area contributed by atoms with E-state index in [0.717, 1.165) is 64.2 Å². The van der Waals surface area contributed by atoms with E-state index in [4.69, 9.17) is 9.47 Å². The van der Waals surface area contributed by atoms with Gasteiger partial charge in [-0.2, -0.15) is 0 Å². The number of piperidine rings is 2. The predicted molar refractivity (Wildman–Crippen MR) is 138 cm³/mol. The zero-order valence-corrected chi connectivity index (χ0v) is 23.3. The highest BCUT2D eigenvalue weighted by Crippen LogP contribution is 2.31. The van der Waals surface area contributed by atoms with Gasteiger partial charge < -0.3 is 20.1 Å². The van der Waals surface area contributed by atoms with Crippen LogP contribution in [0.15, 0.2) is 0 Å². The molecular formula is C28H52N2O4. The maximum atomic E-state index is 12.3. The number of hydrogen-bond acceptors (Lipinski definition) is 6. The fraction of sp³-hybridized carbons (Fsp3) is 0.929. The van der Waals surface area contributed by atoms with E-state index in [1.54, 1.807) is 0 Å². The van der Waals surface area contributed by atoms with E-state index < -0.39 is 0 Å². The summed E-state index contributed by atoms with van der Waals surface area (Å²) in [5.74, 6) is -0.129. The molecule has 2 heterocycles. The van der Waals surface area contributed by atoms with Crippen molar-refractivity contribution in [2.75, 3.05) is 0 Å². The van der Waals surface area contributed by atoms with E-state index in [-0.39, 0.29) is 46.3 Å². The molecule has 198 valence electrons. The molecule has 0 aromatic heterocycles. The van der Waals surface area contributed by atoms with Crippen molar-refractivity contribution in [1.82, 2.24) is 10.6 Å². The molecule has 0 spiro atoms. The highest BCUT2D eigenvalue weighted by Gasteiger charge is 2.40. The highest BCUT2D eigenvalue weighted by molar-refractivity contribution is 5.69. The first-order valence-electron chi connectivity index (χ1n) is 13.5. The Morgan fingerprint density at radius 1 is 0.559 bits per heavy atom. The lowest BCUT2D eigenvalue weighted by molar-refractivity contribution is -0.154. The largest absolute Gasteiger partial charge is 0.462 e. The molecule has 6 nitrogen and oxygen atoms in total. The second-order valence-corrected chi connectivity index (χ2v) is 13.4. The van der Waals surface area contributed by atoms with Gasteiger partial charge in [0, 0.05) is 60.7 Å². The van der Waals surface area contributed by atoms with Gasteiger partial charge in [0.2, 0.25) is 0 Å². The Bertz CT molecular complexity index is 594. The number of unbranched alkanes of at least 4 members (excludes halogenated alkanes) is 5. The molecule has 2 rings (SSSR count). The lowest BCUT2D eigenvalue weighted by atomic mass is 9.81.